The molecule has 3 nitrogen and oxygen atoms in total. The third kappa shape index (κ3) is 4.98. The molecule has 1 unspecified atom stereocenters. The second-order valence-corrected chi connectivity index (χ2v) is 8.73. The molecule has 134 valence electrons. The molecule has 0 radical (unpaired) electrons. The topological polar surface area (TPSA) is 46.5 Å². The fourth-order valence-electron chi connectivity index (χ4n) is 2.96. The third-order valence-electron chi connectivity index (χ3n) is 4.12. The molecule has 0 aliphatic carbocycles. The summed E-state index contributed by atoms with van der Waals surface area (Å²) in [5.41, 5.74) is 3.32. The fourth-order valence-corrected chi connectivity index (χ4v) is 4.96. The summed E-state index contributed by atoms with van der Waals surface area (Å²) in [7, 11) is -1.48. The zero-order valence-corrected chi connectivity index (χ0v) is 16.6. The van der Waals surface area contributed by atoms with E-state index in [1.165, 1.54) is 0 Å². The van der Waals surface area contributed by atoms with Crippen molar-refractivity contribution in [2.24, 2.45) is 0 Å². The Balaban J connectivity index is 2.47. The van der Waals surface area contributed by atoms with E-state index in [4.69, 9.17) is 4.52 Å². The van der Waals surface area contributed by atoms with Crippen molar-refractivity contribution >= 4 is 19.0 Å². The number of aliphatic hydroxyl groups excluding tert-OH is 1. The van der Waals surface area contributed by atoms with Crippen LogP contribution in [0.5, 0.6) is 0 Å². The average molecular weight is 358 g/mol. The standard InChI is InChI=1S/C21H27O3P/c1-15-13-16(2)19(17(3)14-15)20(23)25(18-9-7-6-8-10-18)24-21(4,5)11-12-22/h6-10,13-14,22H,11-12H2,1-5H3. The minimum atomic E-state index is -1.48. The van der Waals surface area contributed by atoms with Gasteiger partial charge in [0.1, 0.15) is 8.15 Å². The summed E-state index contributed by atoms with van der Waals surface area (Å²) >= 11 is 0. The van der Waals surface area contributed by atoms with E-state index in [1.807, 2.05) is 77.1 Å². The Kier molecular flexibility index (Phi) is 6.51. The van der Waals surface area contributed by atoms with Crippen LogP contribution in [0, 0.1) is 20.8 Å². The van der Waals surface area contributed by atoms with Crippen LogP contribution in [0.3, 0.4) is 0 Å². The highest BCUT2D eigenvalue weighted by Gasteiger charge is 2.32. The van der Waals surface area contributed by atoms with Crippen LogP contribution in [0.1, 0.15) is 47.3 Å². The maximum Gasteiger partial charge on any atom is 0.216 e. The molecule has 25 heavy (non-hydrogen) atoms. The summed E-state index contributed by atoms with van der Waals surface area (Å²) in [6.45, 7) is 9.86. The van der Waals surface area contributed by atoms with Crippen LogP contribution in [0.4, 0.5) is 0 Å². The molecule has 0 aromatic heterocycles. The Bertz CT molecular complexity index is 715. The number of hydrogen-bond donors (Lipinski definition) is 1. The molecular weight excluding hydrogens is 331 g/mol. The number of carbonyl (C=O) groups excluding carboxylic acids is 1. The van der Waals surface area contributed by atoms with Gasteiger partial charge in [0.15, 0.2) is 0 Å². The second-order valence-electron chi connectivity index (χ2n) is 7.03. The Hall–Kier alpha value is -1.54. The predicted molar refractivity (Wildman–Crippen MR) is 105 cm³/mol. The zero-order chi connectivity index (χ0) is 18.6. The van der Waals surface area contributed by atoms with Crippen molar-refractivity contribution < 1.29 is 14.4 Å². The summed E-state index contributed by atoms with van der Waals surface area (Å²) in [5.74, 6) is 0. The van der Waals surface area contributed by atoms with Crippen LogP contribution < -0.4 is 5.30 Å². The molecule has 0 heterocycles. The second kappa shape index (κ2) is 8.23. The van der Waals surface area contributed by atoms with Gasteiger partial charge in [-0.1, -0.05) is 48.0 Å². The number of aliphatic hydroxyl groups is 1. The summed E-state index contributed by atoms with van der Waals surface area (Å²) in [5, 5.41) is 10.2. The lowest BCUT2D eigenvalue weighted by Gasteiger charge is -2.30. The van der Waals surface area contributed by atoms with E-state index < -0.39 is 13.7 Å². The molecule has 2 aromatic rings. The minimum absolute atomic E-state index is 0.0295. The van der Waals surface area contributed by atoms with E-state index in [0.717, 1.165) is 27.6 Å². The lowest BCUT2D eigenvalue weighted by Crippen LogP contribution is -2.27. The van der Waals surface area contributed by atoms with Gasteiger partial charge in [-0.05, 0) is 52.2 Å². The van der Waals surface area contributed by atoms with Gasteiger partial charge in [-0.3, -0.25) is 4.79 Å². The molecule has 0 bridgehead atoms. The van der Waals surface area contributed by atoms with E-state index in [-0.39, 0.29) is 12.1 Å². The van der Waals surface area contributed by atoms with Crippen LogP contribution in [-0.2, 0) is 4.52 Å². The summed E-state index contributed by atoms with van der Waals surface area (Å²) in [6, 6.07) is 13.7. The first-order valence-electron chi connectivity index (χ1n) is 8.52. The lowest BCUT2D eigenvalue weighted by molar-refractivity contribution is 0.0839. The predicted octanol–water partition coefficient (Wildman–Crippen LogP) is 4.65. The molecule has 0 amide bonds. The number of carbonyl (C=O) groups is 1. The van der Waals surface area contributed by atoms with Gasteiger partial charge in [0, 0.05) is 17.5 Å². The van der Waals surface area contributed by atoms with Crippen molar-refractivity contribution in [3.8, 4) is 0 Å². The van der Waals surface area contributed by atoms with Gasteiger partial charge in [0.2, 0.25) is 5.52 Å². The number of benzene rings is 2. The maximum absolute atomic E-state index is 13.4. The molecule has 1 atom stereocenters. The van der Waals surface area contributed by atoms with Crippen LogP contribution in [-0.4, -0.2) is 22.8 Å². The lowest BCUT2D eigenvalue weighted by atomic mass is 10.0. The normalized spacial score (nSPS) is 12.9. The Labute approximate surface area is 151 Å². The van der Waals surface area contributed by atoms with E-state index in [0.29, 0.717) is 6.42 Å². The molecule has 0 aliphatic heterocycles. The zero-order valence-electron chi connectivity index (χ0n) is 15.7. The van der Waals surface area contributed by atoms with Gasteiger partial charge in [-0.15, -0.1) is 0 Å². The van der Waals surface area contributed by atoms with Crippen LogP contribution >= 0.6 is 8.15 Å². The third-order valence-corrected chi connectivity index (χ3v) is 6.15. The molecule has 0 saturated carbocycles. The van der Waals surface area contributed by atoms with Gasteiger partial charge >= 0.3 is 0 Å². The maximum atomic E-state index is 13.4. The van der Waals surface area contributed by atoms with Crippen molar-refractivity contribution in [2.45, 2.75) is 46.6 Å². The van der Waals surface area contributed by atoms with Crippen molar-refractivity contribution in [3.63, 3.8) is 0 Å². The molecule has 0 saturated heterocycles. The molecule has 1 N–H and O–H groups in total. The van der Waals surface area contributed by atoms with Gasteiger partial charge in [0.25, 0.3) is 0 Å². The van der Waals surface area contributed by atoms with Crippen LogP contribution in [0.2, 0.25) is 0 Å². The molecular formula is C21H27O3P. The SMILES string of the molecule is Cc1cc(C)c(C(=O)P(OC(C)(C)CCO)c2ccccc2)c(C)c1. The number of aryl methyl sites for hydroxylation is 3. The summed E-state index contributed by atoms with van der Waals surface area (Å²) in [4.78, 5) is 13.4. The van der Waals surface area contributed by atoms with E-state index in [2.05, 4.69) is 0 Å². The summed E-state index contributed by atoms with van der Waals surface area (Å²) in [6.07, 6.45) is 0.484. The molecule has 2 rings (SSSR count). The summed E-state index contributed by atoms with van der Waals surface area (Å²) < 4.78 is 6.28. The van der Waals surface area contributed by atoms with Crippen LogP contribution in [0.25, 0.3) is 0 Å². The van der Waals surface area contributed by atoms with Crippen molar-refractivity contribution in [3.05, 3.63) is 64.7 Å². The van der Waals surface area contributed by atoms with Gasteiger partial charge < -0.3 is 9.63 Å². The molecule has 0 aliphatic rings. The van der Waals surface area contributed by atoms with Gasteiger partial charge in [0.05, 0.1) is 5.60 Å². The van der Waals surface area contributed by atoms with E-state index in [1.54, 1.807) is 0 Å². The quantitative estimate of drug-likeness (QED) is 0.733. The molecule has 0 spiro atoms. The Morgan fingerprint density at radius 2 is 1.64 bits per heavy atom. The molecule has 4 heteroatoms. The fraction of sp³-hybridized carbons (Fsp3) is 0.381. The monoisotopic (exact) mass is 358 g/mol. The van der Waals surface area contributed by atoms with Gasteiger partial charge in [-0.25, -0.2) is 0 Å². The highest BCUT2D eigenvalue weighted by molar-refractivity contribution is 7.78. The largest absolute Gasteiger partial charge is 0.396 e. The van der Waals surface area contributed by atoms with Crippen molar-refractivity contribution in [1.82, 2.24) is 0 Å². The molecule has 2 aromatic carbocycles. The minimum Gasteiger partial charge on any atom is -0.396 e. The number of hydrogen-bond acceptors (Lipinski definition) is 3. The average Bonchev–Trinajstić information content (AvgIpc) is 2.52. The van der Waals surface area contributed by atoms with E-state index >= 15 is 0 Å². The highest BCUT2D eigenvalue weighted by Crippen LogP contribution is 2.45. The molecule has 0 fully saturated rings. The van der Waals surface area contributed by atoms with Crippen molar-refractivity contribution in [1.29, 1.82) is 0 Å². The first-order valence-corrected chi connectivity index (χ1v) is 9.78. The van der Waals surface area contributed by atoms with Crippen molar-refractivity contribution in [2.75, 3.05) is 6.61 Å². The first-order chi connectivity index (χ1) is 11.7. The van der Waals surface area contributed by atoms with Gasteiger partial charge in [-0.2, -0.15) is 0 Å². The van der Waals surface area contributed by atoms with E-state index in [9.17, 15) is 9.90 Å². The highest BCUT2D eigenvalue weighted by atomic mass is 31.1. The smallest absolute Gasteiger partial charge is 0.216 e. The number of rotatable bonds is 7. The Morgan fingerprint density at radius 1 is 1.08 bits per heavy atom. The Morgan fingerprint density at radius 3 is 2.16 bits per heavy atom. The van der Waals surface area contributed by atoms with Crippen LogP contribution in [0.15, 0.2) is 42.5 Å². The first kappa shape index (κ1) is 19.8.